The van der Waals surface area contributed by atoms with Gasteiger partial charge in [-0.3, -0.25) is 37.1 Å². The van der Waals surface area contributed by atoms with E-state index in [1.54, 1.807) is 59.9 Å². The van der Waals surface area contributed by atoms with Crippen LogP contribution in [0, 0.1) is 11.8 Å². The largest absolute Gasteiger partial charge is 0.480 e. The Morgan fingerprint density at radius 1 is 0.519 bits per heavy atom. The number of hydrogen-bond acceptors (Lipinski definition) is 26. The van der Waals surface area contributed by atoms with Crippen LogP contribution in [0.3, 0.4) is 0 Å². The van der Waals surface area contributed by atoms with Crippen molar-refractivity contribution in [1.29, 1.82) is 0 Å². The molecule has 8 rings (SSSR count). The quantitative estimate of drug-likeness (QED) is 0.0261. The molecule has 0 aromatic heterocycles. The van der Waals surface area contributed by atoms with Crippen LogP contribution in [0.15, 0.2) is 58.3 Å². The minimum atomic E-state index is -3.96. The first-order valence-corrected chi connectivity index (χ1v) is 35.3. The third-order valence-corrected chi connectivity index (χ3v) is 22.9. The molecule has 0 amide bonds. The molecule has 2 aromatic rings. The number of carbonyl (C=O) groups is 6. The maximum absolute atomic E-state index is 12.3. The standard InChI is InChI=1S/C16H14O6S2.C14H26N2O4S2.C12H22N2O4S2.C6H12N2O4S2.CH4/c17-23(18)13-5-1-11(2-6-13)12-3-7-14(8-4-12)24(19,20)22-16-10-9-15(16)21-23;1-9-5-6-10(9)16-12(14(18)20-4)8-22-21-7-11(15-2)13(17)19-3;1-7-3-4-8(7)14-10(12(17)18)6-20-19-5-9(13-2)11(15)16;7-3(5(9)10)1-13-14-2-4(8)6(11)12;/h1-8,15-16H,9-10H2;9-12,15-16H,5-8H2,1-4H3;7-10,13-14H,3-6H2,1-2H3,(H,15,16)(H,17,18);3-4H,1-2,7-8H2,(H,9,10)(H,11,12);1H4/t;9?,10?,11-,12+;7?,8?,9-,10+;3-,4+;/m.00../s1. The molecule has 12 atom stereocenters. The molecule has 3 aliphatic carbocycles. The summed E-state index contributed by atoms with van der Waals surface area (Å²) in [6, 6.07) is 9.63. The molecule has 3 saturated carbocycles. The zero-order valence-corrected chi connectivity index (χ0v) is 51.5. The molecule has 6 aliphatic rings. The number of nitrogens with one attached hydrogen (secondary N) is 4. The number of hydrogen-bond donors (Lipinski definition) is 10. The molecule has 12 N–H and O–H groups in total. The Morgan fingerprint density at radius 3 is 1.14 bits per heavy atom. The molecule has 2 aromatic carbocycles. The minimum Gasteiger partial charge on any atom is -0.480 e. The van der Waals surface area contributed by atoms with Gasteiger partial charge in [-0.25, -0.2) is 0 Å². The normalized spacial score (nSPS) is 23.0. The van der Waals surface area contributed by atoms with Crippen LogP contribution in [-0.2, 0) is 66.8 Å². The summed E-state index contributed by atoms with van der Waals surface area (Å²) in [5.74, 6) is -0.751. The molecule has 460 valence electrons. The van der Waals surface area contributed by atoms with E-state index in [2.05, 4.69) is 35.1 Å². The van der Waals surface area contributed by atoms with E-state index in [9.17, 15) is 50.7 Å². The summed E-state index contributed by atoms with van der Waals surface area (Å²) < 4.78 is 69.2. The van der Waals surface area contributed by atoms with E-state index in [0.717, 1.165) is 30.4 Å². The zero-order valence-electron chi connectivity index (χ0n) is 45.0. The van der Waals surface area contributed by atoms with Gasteiger partial charge < -0.3 is 62.6 Å². The van der Waals surface area contributed by atoms with Gasteiger partial charge in [0.25, 0.3) is 20.2 Å². The maximum Gasteiger partial charge on any atom is 0.323 e. The predicted octanol–water partition coefficient (Wildman–Crippen LogP) is 4.08. The van der Waals surface area contributed by atoms with Gasteiger partial charge in [0.15, 0.2) is 0 Å². The lowest BCUT2D eigenvalue weighted by Gasteiger charge is -2.36. The number of likely N-dealkylation sites (N-methyl/N-ethyl adjacent to an activating group) is 2. The van der Waals surface area contributed by atoms with Gasteiger partial charge in [-0.05, 0) is 99.8 Å². The van der Waals surface area contributed by atoms with Crippen molar-refractivity contribution in [2.45, 2.75) is 130 Å². The van der Waals surface area contributed by atoms with E-state index in [0.29, 0.717) is 59.8 Å². The van der Waals surface area contributed by atoms with Crippen LogP contribution >= 0.6 is 64.8 Å². The topological polar surface area (TPSA) is 389 Å². The third-order valence-electron chi connectivity index (χ3n) is 12.9. The van der Waals surface area contributed by atoms with Crippen molar-refractivity contribution >= 4 is 121 Å². The number of benzene rings is 2. The highest BCUT2D eigenvalue weighted by molar-refractivity contribution is 8.77. The Bertz CT molecular complexity index is 2420. The summed E-state index contributed by atoms with van der Waals surface area (Å²) in [6.07, 6.45) is 3.75. The highest BCUT2D eigenvalue weighted by Gasteiger charge is 2.41. The third kappa shape index (κ3) is 25.2. The van der Waals surface area contributed by atoms with Crippen LogP contribution in [0.2, 0.25) is 0 Å². The molecule has 6 unspecified atom stereocenters. The fraction of sp³-hybridized carbons (Fsp3) is 0.633. The Balaban J connectivity index is 0.000000374. The number of ether oxygens (including phenoxy) is 2. The fourth-order valence-electron chi connectivity index (χ4n) is 7.13. The van der Waals surface area contributed by atoms with Crippen LogP contribution in [0.25, 0.3) is 11.1 Å². The second kappa shape index (κ2) is 37.4. The number of nitrogens with two attached hydrogens (primary N) is 2. The Morgan fingerprint density at radius 2 is 0.840 bits per heavy atom. The van der Waals surface area contributed by atoms with Gasteiger partial charge in [0.2, 0.25) is 0 Å². The second-order valence-electron chi connectivity index (χ2n) is 18.6. The van der Waals surface area contributed by atoms with Crippen molar-refractivity contribution in [3.05, 3.63) is 48.5 Å². The molecule has 81 heavy (non-hydrogen) atoms. The lowest BCUT2D eigenvalue weighted by molar-refractivity contribution is -0.143. The summed E-state index contributed by atoms with van der Waals surface area (Å²) in [7, 11) is 6.48. The van der Waals surface area contributed by atoms with Gasteiger partial charge in [-0.2, -0.15) is 16.8 Å². The van der Waals surface area contributed by atoms with Crippen molar-refractivity contribution in [3.8, 4) is 11.1 Å². The zero-order chi connectivity index (χ0) is 59.7. The summed E-state index contributed by atoms with van der Waals surface area (Å²) in [6.45, 7) is 4.30. The molecular formula is C49H78N6O18S8. The molecule has 3 aliphatic heterocycles. The number of carboxylic acids is 4. The van der Waals surface area contributed by atoms with Gasteiger partial charge in [0.05, 0.1) is 24.0 Å². The Hall–Kier alpha value is -3.06. The van der Waals surface area contributed by atoms with Gasteiger partial charge >= 0.3 is 35.8 Å². The first kappa shape index (κ1) is 74.0. The van der Waals surface area contributed by atoms with Crippen LogP contribution in [0.4, 0.5) is 0 Å². The van der Waals surface area contributed by atoms with E-state index < -0.39 is 80.5 Å². The van der Waals surface area contributed by atoms with E-state index in [4.69, 9.17) is 44.6 Å². The highest BCUT2D eigenvalue weighted by atomic mass is 33.1. The van der Waals surface area contributed by atoms with Crippen LogP contribution < -0.4 is 32.7 Å². The molecule has 0 saturated heterocycles. The number of rotatable bonds is 27. The van der Waals surface area contributed by atoms with Crippen molar-refractivity contribution < 1.29 is 83.9 Å². The van der Waals surface area contributed by atoms with E-state index >= 15 is 0 Å². The summed E-state index contributed by atoms with van der Waals surface area (Å²) >= 11 is 0. The summed E-state index contributed by atoms with van der Waals surface area (Å²) in [5.41, 5.74) is 12.0. The Labute approximate surface area is 498 Å². The van der Waals surface area contributed by atoms with Gasteiger partial charge in [-0.1, -0.05) is 110 Å². The first-order chi connectivity index (χ1) is 37.8. The lowest BCUT2D eigenvalue weighted by Crippen LogP contribution is -2.51. The smallest absolute Gasteiger partial charge is 0.323 e. The molecule has 0 radical (unpaired) electrons. The summed E-state index contributed by atoms with van der Waals surface area (Å²) in [4.78, 5) is 65.9. The number of methoxy groups -OCH3 is 2. The maximum atomic E-state index is 12.3. The molecule has 0 spiro atoms. The molecular weight excluding hydrogens is 1220 g/mol. The SMILES string of the molecule is C.CN[C@@H](CSSC[C@@H](NC1CCC1C)C(=O)O)C(=O)O.CN[C@@H](CSSC[C@@H](NC1CCC1C)C(=O)OC)C(=O)OC.N[C@H](CSSC[C@H](N)C(=O)O)C(=O)O.O=S1(=O)OC2CCC2OS(=O)(=O)c2ccc(cc2)-c2ccc1cc2. The molecule has 4 bridgehead atoms. The van der Waals surface area contributed by atoms with Crippen LogP contribution in [0.1, 0.15) is 59.8 Å². The van der Waals surface area contributed by atoms with Crippen molar-refractivity contribution in [1.82, 2.24) is 21.3 Å². The monoisotopic (exact) mass is 1290 g/mol. The van der Waals surface area contributed by atoms with Crippen molar-refractivity contribution in [2.24, 2.45) is 23.3 Å². The molecule has 3 heterocycles. The van der Waals surface area contributed by atoms with Gasteiger partial charge in [-0.15, -0.1) is 0 Å². The van der Waals surface area contributed by atoms with E-state index in [1.165, 1.54) is 88.1 Å². The predicted molar refractivity (Wildman–Crippen MR) is 321 cm³/mol. The van der Waals surface area contributed by atoms with E-state index in [-0.39, 0.29) is 52.7 Å². The molecule has 24 nitrogen and oxygen atoms in total. The lowest BCUT2D eigenvalue weighted by atomic mass is 9.81. The van der Waals surface area contributed by atoms with Crippen molar-refractivity contribution in [2.75, 3.05) is 62.8 Å². The second-order valence-corrected chi connectivity index (χ2v) is 29.4. The number of esters is 2. The minimum absolute atomic E-state index is 0. The number of carbonyl (C=O) groups excluding carboxylic acids is 2. The van der Waals surface area contributed by atoms with Crippen molar-refractivity contribution in [3.63, 3.8) is 0 Å². The number of aliphatic carboxylic acids is 4. The first-order valence-electron chi connectivity index (χ1n) is 25.0. The number of fused-ring (bicyclic) bond motifs is 2. The van der Waals surface area contributed by atoms with Gasteiger partial charge in [0, 0.05) is 46.6 Å². The average molecular weight is 1300 g/mol. The van der Waals surface area contributed by atoms with E-state index in [1.807, 2.05) is 0 Å². The Kier molecular flexibility index (Phi) is 34.2. The number of carboxylic acid groups (broad SMARTS) is 4. The molecule has 32 heteroatoms. The van der Waals surface area contributed by atoms with Gasteiger partial charge in [0.1, 0.15) is 48.5 Å². The molecule has 3 fully saturated rings. The fourth-order valence-corrected chi connectivity index (χ4v) is 16.4. The van der Waals surface area contributed by atoms with Crippen LogP contribution in [0.5, 0.6) is 0 Å². The van der Waals surface area contributed by atoms with Crippen LogP contribution in [-0.4, -0.2) is 196 Å². The average Bonchev–Trinajstić information content (AvgIpc) is 3.44. The highest BCUT2D eigenvalue weighted by Crippen LogP contribution is 2.35. The summed E-state index contributed by atoms with van der Waals surface area (Å²) in [5, 5.41) is 47.0.